The minimum Gasteiger partial charge on any atom is -0.493 e. The third-order valence-corrected chi connectivity index (χ3v) is 6.23. The predicted octanol–water partition coefficient (Wildman–Crippen LogP) is 4.83. The molecule has 0 saturated carbocycles. The quantitative estimate of drug-likeness (QED) is 0.416. The van der Waals surface area contributed by atoms with E-state index in [1.165, 1.54) is 18.5 Å². The normalized spacial score (nSPS) is 14.6. The number of anilines is 2. The number of carbonyl (C=O) groups is 1. The zero-order valence-corrected chi connectivity index (χ0v) is 20.5. The first-order valence-electron chi connectivity index (χ1n) is 11.5. The fraction of sp³-hybridized carbons (Fsp3) is 0.400. The van der Waals surface area contributed by atoms with Gasteiger partial charge in [0.2, 0.25) is 0 Å². The Kier molecular flexibility index (Phi) is 8.20. The van der Waals surface area contributed by atoms with Gasteiger partial charge in [0, 0.05) is 17.1 Å². The molecule has 1 N–H and O–H groups in total. The summed E-state index contributed by atoms with van der Waals surface area (Å²) in [6, 6.07) is 8.03. The second kappa shape index (κ2) is 11.5. The van der Waals surface area contributed by atoms with E-state index >= 15 is 0 Å². The Morgan fingerprint density at radius 1 is 1.20 bits per heavy atom. The summed E-state index contributed by atoms with van der Waals surface area (Å²) in [6.45, 7) is 4.71. The van der Waals surface area contributed by atoms with Crippen LogP contribution in [0.5, 0.6) is 11.5 Å². The number of nitrogens with zero attached hydrogens (tertiary/aromatic N) is 3. The molecule has 0 spiro atoms. The number of carbonyl (C=O) groups excluding carboxylic acids is 1. The number of benzene rings is 2. The van der Waals surface area contributed by atoms with E-state index in [2.05, 4.69) is 20.2 Å². The Labute approximate surface area is 208 Å². The van der Waals surface area contributed by atoms with Crippen LogP contribution in [0.1, 0.15) is 19.8 Å². The van der Waals surface area contributed by atoms with Gasteiger partial charge in [0.1, 0.15) is 18.0 Å². The first-order chi connectivity index (χ1) is 17.0. The first kappa shape index (κ1) is 24.9. The summed E-state index contributed by atoms with van der Waals surface area (Å²) in [4.78, 5) is 22.5. The molecule has 1 saturated heterocycles. The van der Waals surface area contributed by atoms with Crippen LogP contribution in [0.25, 0.3) is 10.9 Å². The summed E-state index contributed by atoms with van der Waals surface area (Å²) in [6.07, 6.45) is 3.30. The molecule has 2 aromatic carbocycles. The lowest BCUT2D eigenvalue weighted by molar-refractivity contribution is -0.144. The summed E-state index contributed by atoms with van der Waals surface area (Å²) in [5.41, 5.74) is 1.27. The van der Waals surface area contributed by atoms with E-state index in [-0.39, 0.29) is 11.0 Å². The van der Waals surface area contributed by atoms with Crippen molar-refractivity contribution in [2.75, 3.05) is 45.3 Å². The molecular weight excluding hydrogens is 475 g/mol. The van der Waals surface area contributed by atoms with Crippen LogP contribution in [0, 0.1) is 11.7 Å². The molecule has 1 aliphatic rings. The van der Waals surface area contributed by atoms with Crippen molar-refractivity contribution < 1.29 is 23.4 Å². The highest BCUT2D eigenvalue weighted by molar-refractivity contribution is 6.31. The van der Waals surface area contributed by atoms with E-state index in [1.54, 1.807) is 19.2 Å². The van der Waals surface area contributed by atoms with Crippen molar-refractivity contribution in [1.82, 2.24) is 14.9 Å². The topological polar surface area (TPSA) is 85.8 Å². The van der Waals surface area contributed by atoms with Gasteiger partial charge >= 0.3 is 5.97 Å². The van der Waals surface area contributed by atoms with Gasteiger partial charge in [-0.15, -0.1) is 0 Å². The van der Waals surface area contributed by atoms with Gasteiger partial charge in [-0.25, -0.2) is 14.4 Å². The molecule has 0 aliphatic carbocycles. The number of piperidine rings is 1. The summed E-state index contributed by atoms with van der Waals surface area (Å²) < 4.78 is 30.3. The number of nitrogens with one attached hydrogen (secondary N) is 1. The fourth-order valence-corrected chi connectivity index (χ4v) is 4.24. The number of ether oxygens (including phenoxy) is 3. The van der Waals surface area contributed by atoms with Crippen LogP contribution >= 0.6 is 11.6 Å². The molecule has 0 amide bonds. The molecule has 1 aromatic heterocycles. The van der Waals surface area contributed by atoms with E-state index < -0.39 is 5.82 Å². The Morgan fingerprint density at radius 2 is 2.00 bits per heavy atom. The SMILES string of the molecule is CCOC(=O)CN1CCC(COc2cc3c(Nc4ccc(F)c(Cl)c4)ncnc3cc2OC)CC1. The molecule has 1 aliphatic heterocycles. The highest BCUT2D eigenvalue weighted by Crippen LogP contribution is 2.35. The number of fused-ring (bicyclic) bond motifs is 1. The maximum absolute atomic E-state index is 13.5. The average molecular weight is 503 g/mol. The van der Waals surface area contributed by atoms with Crippen LogP contribution < -0.4 is 14.8 Å². The predicted molar refractivity (Wildman–Crippen MR) is 132 cm³/mol. The second-order valence-electron chi connectivity index (χ2n) is 8.33. The van der Waals surface area contributed by atoms with Gasteiger partial charge in [0.25, 0.3) is 0 Å². The summed E-state index contributed by atoms with van der Waals surface area (Å²) in [5, 5.41) is 3.92. The number of methoxy groups -OCH3 is 1. The van der Waals surface area contributed by atoms with Gasteiger partial charge < -0.3 is 19.5 Å². The van der Waals surface area contributed by atoms with E-state index in [9.17, 15) is 9.18 Å². The van der Waals surface area contributed by atoms with Crippen molar-refractivity contribution in [3.63, 3.8) is 0 Å². The molecule has 10 heteroatoms. The fourth-order valence-electron chi connectivity index (χ4n) is 4.05. The van der Waals surface area contributed by atoms with Crippen molar-refractivity contribution >= 4 is 40.0 Å². The minimum atomic E-state index is -0.489. The van der Waals surface area contributed by atoms with Crippen LogP contribution in [-0.4, -0.2) is 60.8 Å². The van der Waals surface area contributed by atoms with Crippen LogP contribution in [0.15, 0.2) is 36.7 Å². The van der Waals surface area contributed by atoms with E-state index in [4.69, 9.17) is 25.8 Å². The van der Waals surface area contributed by atoms with Crippen molar-refractivity contribution in [1.29, 1.82) is 0 Å². The molecule has 35 heavy (non-hydrogen) atoms. The van der Waals surface area contributed by atoms with Crippen molar-refractivity contribution in [2.24, 2.45) is 5.92 Å². The third-order valence-electron chi connectivity index (χ3n) is 5.94. The average Bonchev–Trinajstić information content (AvgIpc) is 2.85. The number of likely N-dealkylation sites (tertiary alicyclic amines) is 1. The molecule has 2 heterocycles. The molecule has 0 unspecified atom stereocenters. The molecule has 0 bridgehead atoms. The number of aromatic nitrogens is 2. The Balaban J connectivity index is 1.45. The summed E-state index contributed by atoms with van der Waals surface area (Å²) >= 11 is 5.92. The zero-order chi connectivity index (χ0) is 24.8. The minimum absolute atomic E-state index is 0.0207. The van der Waals surface area contributed by atoms with Crippen LogP contribution in [0.2, 0.25) is 5.02 Å². The lowest BCUT2D eigenvalue weighted by Gasteiger charge is -2.31. The lowest BCUT2D eigenvalue weighted by Crippen LogP contribution is -2.39. The number of halogens is 2. The number of hydrogen-bond acceptors (Lipinski definition) is 8. The van der Waals surface area contributed by atoms with Gasteiger partial charge in [-0.3, -0.25) is 9.69 Å². The Morgan fingerprint density at radius 3 is 2.71 bits per heavy atom. The zero-order valence-electron chi connectivity index (χ0n) is 19.7. The monoisotopic (exact) mass is 502 g/mol. The Hall–Kier alpha value is -3.17. The number of hydrogen-bond donors (Lipinski definition) is 1. The molecule has 0 radical (unpaired) electrons. The van der Waals surface area contributed by atoms with Crippen molar-refractivity contribution in [3.8, 4) is 11.5 Å². The Bertz CT molecular complexity index is 1190. The molecule has 1 fully saturated rings. The van der Waals surface area contributed by atoms with Gasteiger partial charge in [0.15, 0.2) is 11.5 Å². The van der Waals surface area contributed by atoms with Gasteiger partial charge in [-0.05, 0) is 63.0 Å². The van der Waals surface area contributed by atoms with Gasteiger partial charge in [-0.1, -0.05) is 11.6 Å². The molecule has 8 nitrogen and oxygen atoms in total. The van der Waals surface area contributed by atoms with Gasteiger partial charge in [-0.2, -0.15) is 0 Å². The molecule has 186 valence electrons. The lowest BCUT2D eigenvalue weighted by atomic mass is 9.98. The van der Waals surface area contributed by atoms with Gasteiger partial charge in [0.05, 0.1) is 37.4 Å². The van der Waals surface area contributed by atoms with Crippen LogP contribution in [0.3, 0.4) is 0 Å². The third kappa shape index (κ3) is 6.29. The molecule has 0 atom stereocenters. The highest BCUT2D eigenvalue weighted by Gasteiger charge is 2.22. The largest absolute Gasteiger partial charge is 0.493 e. The van der Waals surface area contributed by atoms with E-state index in [0.717, 1.165) is 31.3 Å². The first-order valence-corrected chi connectivity index (χ1v) is 11.9. The van der Waals surface area contributed by atoms with Crippen LogP contribution in [-0.2, 0) is 9.53 Å². The van der Waals surface area contributed by atoms with E-state index in [0.29, 0.717) is 54.2 Å². The molecular formula is C25H28ClFN4O4. The second-order valence-corrected chi connectivity index (χ2v) is 8.74. The molecule has 3 aromatic rings. The maximum Gasteiger partial charge on any atom is 0.320 e. The standard InChI is InChI=1S/C25H28ClFN4O4/c1-3-34-24(32)13-31-8-6-16(7-9-31)14-35-23-11-18-21(12-22(23)33-2)28-15-29-25(18)30-17-4-5-20(27)19(26)10-17/h4-5,10-12,15-16H,3,6-9,13-14H2,1-2H3,(H,28,29,30). The van der Waals surface area contributed by atoms with Crippen molar-refractivity contribution in [3.05, 3.63) is 47.5 Å². The van der Waals surface area contributed by atoms with E-state index in [1.807, 2.05) is 13.0 Å². The van der Waals surface area contributed by atoms with Crippen LogP contribution in [0.4, 0.5) is 15.9 Å². The summed E-state index contributed by atoms with van der Waals surface area (Å²) in [5.74, 6) is 1.39. The molecule has 4 rings (SSSR count). The number of rotatable bonds is 9. The summed E-state index contributed by atoms with van der Waals surface area (Å²) in [7, 11) is 1.59. The van der Waals surface area contributed by atoms with Crippen molar-refractivity contribution in [2.45, 2.75) is 19.8 Å². The maximum atomic E-state index is 13.5. The number of esters is 1. The smallest absolute Gasteiger partial charge is 0.320 e. The highest BCUT2D eigenvalue weighted by atomic mass is 35.5.